The van der Waals surface area contributed by atoms with Crippen LogP contribution in [0.1, 0.15) is 62.4 Å². The number of fused-ring (bicyclic) bond motifs is 1. The van der Waals surface area contributed by atoms with Crippen molar-refractivity contribution in [3.8, 4) is 0 Å². The van der Waals surface area contributed by atoms with Gasteiger partial charge in [-0.1, -0.05) is 6.42 Å². The summed E-state index contributed by atoms with van der Waals surface area (Å²) in [6.07, 6.45) is 8.44. The van der Waals surface area contributed by atoms with Crippen LogP contribution in [-0.2, 0) is 4.79 Å². The zero-order valence-corrected chi connectivity index (χ0v) is 15.9. The third-order valence-corrected chi connectivity index (χ3v) is 7.01. The van der Waals surface area contributed by atoms with Crippen LogP contribution in [0.2, 0.25) is 0 Å². The highest BCUT2D eigenvalue weighted by atomic mass is 16.2. The number of amides is 1. The molecule has 0 spiro atoms. The number of aromatic nitrogens is 2. The van der Waals surface area contributed by atoms with Crippen LogP contribution < -0.4 is 4.90 Å². The van der Waals surface area contributed by atoms with Gasteiger partial charge in [0, 0.05) is 49.8 Å². The first-order valence-corrected chi connectivity index (χ1v) is 10.6. The van der Waals surface area contributed by atoms with E-state index in [2.05, 4.69) is 27.8 Å². The lowest BCUT2D eigenvalue weighted by Gasteiger charge is -2.34. The molecule has 2 unspecified atom stereocenters. The second kappa shape index (κ2) is 6.50. The molecule has 4 aliphatic rings. The van der Waals surface area contributed by atoms with Gasteiger partial charge in [0.15, 0.2) is 0 Å². The second-order valence-corrected chi connectivity index (χ2v) is 8.96. The summed E-state index contributed by atoms with van der Waals surface area (Å²) in [5.74, 6) is 4.92. The lowest BCUT2D eigenvalue weighted by molar-refractivity contribution is -0.135. The third kappa shape index (κ3) is 3.10. The quantitative estimate of drug-likeness (QED) is 0.837. The van der Waals surface area contributed by atoms with Crippen molar-refractivity contribution in [3.63, 3.8) is 0 Å². The SMILES string of the molecule is Cc1cc(N2CCC(C(=O)N3CC4CCCC4C3)CC2)nc(C2CC2)n1. The molecule has 1 aromatic heterocycles. The van der Waals surface area contributed by atoms with Crippen molar-refractivity contribution in [2.75, 3.05) is 31.1 Å². The maximum Gasteiger partial charge on any atom is 0.225 e. The summed E-state index contributed by atoms with van der Waals surface area (Å²) in [4.78, 5) is 27.0. The van der Waals surface area contributed by atoms with Gasteiger partial charge in [0.2, 0.25) is 5.91 Å². The molecule has 2 aliphatic heterocycles. The summed E-state index contributed by atoms with van der Waals surface area (Å²) in [6.45, 7) is 6.01. The number of rotatable bonds is 3. The summed E-state index contributed by atoms with van der Waals surface area (Å²) >= 11 is 0. The maximum atomic E-state index is 13.0. The summed E-state index contributed by atoms with van der Waals surface area (Å²) in [7, 11) is 0. The first-order chi connectivity index (χ1) is 12.7. The molecule has 5 heteroatoms. The van der Waals surface area contributed by atoms with Crippen LogP contribution in [0.4, 0.5) is 5.82 Å². The number of hydrogen-bond acceptors (Lipinski definition) is 4. The lowest BCUT2D eigenvalue weighted by Crippen LogP contribution is -2.42. The van der Waals surface area contributed by atoms with Gasteiger partial charge in [-0.25, -0.2) is 9.97 Å². The Morgan fingerprint density at radius 3 is 2.35 bits per heavy atom. The highest BCUT2D eigenvalue weighted by molar-refractivity contribution is 5.79. The minimum Gasteiger partial charge on any atom is -0.356 e. The molecule has 0 aromatic carbocycles. The van der Waals surface area contributed by atoms with E-state index in [0.717, 1.165) is 68.2 Å². The Balaban J connectivity index is 1.20. The van der Waals surface area contributed by atoms with Crippen LogP contribution in [0, 0.1) is 24.7 Å². The van der Waals surface area contributed by atoms with E-state index in [1.807, 2.05) is 0 Å². The van der Waals surface area contributed by atoms with Crippen LogP contribution in [0.15, 0.2) is 6.07 Å². The molecule has 2 atom stereocenters. The normalized spacial score (nSPS) is 29.3. The minimum absolute atomic E-state index is 0.218. The van der Waals surface area contributed by atoms with Gasteiger partial charge in [-0.3, -0.25) is 4.79 Å². The van der Waals surface area contributed by atoms with Gasteiger partial charge in [0.25, 0.3) is 0 Å². The Bertz CT molecular complexity index is 681. The Labute approximate surface area is 156 Å². The van der Waals surface area contributed by atoms with Crippen molar-refractivity contribution in [1.29, 1.82) is 0 Å². The number of anilines is 1. The highest BCUT2D eigenvalue weighted by Gasteiger charge is 2.40. The lowest BCUT2D eigenvalue weighted by atomic mass is 9.95. The standard InChI is InChI=1S/C21H30N4O/c1-14-11-19(23-20(22-14)15-5-6-15)24-9-7-16(8-10-24)21(26)25-12-17-3-2-4-18(17)13-25/h11,15-18H,2-10,12-13H2,1H3. The van der Waals surface area contributed by atoms with E-state index in [4.69, 9.17) is 4.98 Å². The van der Waals surface area contributed by atoms with Gasteiger partial charge in [-0.05, 0) is 57.3 Å². The molecule has 5 nitrogen and oxygen atoms in total. The van der Waals surface area contributed by atoms with E-state index >= 15 is 0 Å². The summed E-state index contributed by atoms with van der Waals surface area (Å²) in [5.41, 5.74) is 1.07. The molecule has 0 N–H and O–H groups in total. The fourth-order valence-corrected chi connectivity index (χ4v) is 5.29. The van der Waals surface area contributed by atoms with Gasteiger partial charge in [-0.2, -0.15) is 0 Å². The Morgan fingerprint density at radius 1 is 1.00 bits per heavy atom. The Hall–Kier alpha value is -1.65. The molecule has 4 fully saturated rings. The molecule has 26 heavy (non-hydrogen) atoms. The Morgan fingerprint density at radius 2 is 1.69 bits per heavy atom. The largest absolute Gasteiger partial charge is 0.356 e. The predicted octanol–water partition coefficient (Wildman–Crippen LogP) is 3.14. The molecular formula is C21H30N4O. The monoisotopic (exact) mass is 354 g/mol. The van der Waals surface area contributed by atoms with Gasteiger partial charge < -0.3 is 9.80 Å². The van der Waals surface area contributed by atoms with E-state index in [-0.39, 0.29) is 5.92 Å². The van der Waals surface area contributed by atoms with Crippen molar-refractivity contribution >= 4 is 11.7 Å². The van der Waals surface area contributed by atoms with Gasteiger partial charge in [0.1, 0.15) is 11.6 Å². The highest BCUT2D eigenvalue weighted by Crippen LogP contribution is 2.40. The third-order valence-electron chi connectivity index (χ3n) is 7.01. The first kappa shape index (κ1) is 16.5. The predicted molar refractivity (Wildman–Crippen MR) is 101 cm³/mol. The van der Waals surface area contributed by atoms with Crippen LogP contribution in [-0.4, -0.2) is 47.0 Å². The molecule has 1 aromatic rings. The fraction of sp³-hybridized carbons (Fsp3) is 0.762. The molecule has 0 radical (unpaired) electrons. The second-order valence-electron chi connectivity index (χ2n) is 8.96. The van der Waals surface area contributed by atoms with Crippen LogP contribution in [0.3, 0.4) is 0 Å². The zero-order valence-electron chi connectivity index (χ0n) is 15.9. The number of nitrogens with zero attached hydrogens (tertiary/aromatic N) is 4. The average Bonchev–Trinajstić information content (AvgIpc) is 3.28. The van der Waals surface area contributed by atoms with Crippen molar-refractivity contribution in [3.05, 3.63) is 17.6 Å². The van der Waals surface area contributed by atoms with Crippen molar-refractivity contribution in [1.82, 2.24) is 14.9 Å². The molecule has 1 amide bonds. The smallest absolute Gasteiger partial charge is 0.225 e. The zero-order chi connectivity index (χ0) is 17.7. The van der Waals surface area contributed by atoms with Crippen LogP contribution in [0.5, 0.6) is 0 Å². The topological polar surface area (TPSA) is 49.3 Å². The summed E-state index contributed by atoms with van der Waals surface area (Å²) < 4.78 is 0. The van der Waals surface area contributed by atoms with Gasteiger partial charge in [-0.15, -0.1) is 0 Å². The van der Waals surface area contributed by atoms with E-state index in [9.17, 15) is 4.79 Å². The molecule has 0 bridgehead atoms. The molecule has 2 saturated carbocycles. The van der Waals surface area contributed by atoms with Gasteiger partial charge in [0.05, 0.1) is 0 Å². The maximum absolute atomic E-state index is 13.0. The number of carbonyl (C=O) groups excluding carboxylic acids is 1. The minimum atomic E-state index is 0.218. The first-order valence-electron chi connectivity index (χ1n) is 10.6. The number of hydrogen-bond donors (Lipinski definition) is 0. The van der Waals surface area contributed by atoms with Gasteiger partial charge >= 0.3 is 0 Å². The fourth-order valence-electron chi connectivity index (χ4n) is 5.29. The van der Waals surface area contributed by atoms with E-state index in [1.165, 1.54) is 32.1 Å². The number of aryl methyl sites for hydroxylation is 1. The number of likely N-dealkylation sites (tertiary alicyclic amines) is 1. The molecule has 2 saturated heterocycles. The van der Waals surface area contributed by atoms with Crippen LogP contribution >= 0.6 is 0 Å². The van der Waals surface area contributed by atoms with Crippen molar-refractivity contribution in [2.24, 2.45) is 17.8 Å². The molecular weight excluding hydrogens is 324 g/mol. The number of piperidine rings is 1. The van der Waals surface area contributed by atoms with Crippen molar-refractivity contribution < 1.29 is 4.79 Å². The molecule has 2 aliphatic carbocycles. The molecule has 3 heterocycles. The Kier molecular flexibility index (Phi) is 4.13. The van der Waals surface area contributed by atoms with E-state index < -0.39 is 0 Å². The van der Waals surface area contributed by atoms with E-state index in [1.54, 1.807) is 0 Å². The molecule has 140 valence electrons. The summed E-state index contributed by atoms with van der Waals surface area (Å²) in [6, 6.07) is 2.11. The number of carbonyl (C=O) groups is 1. The average molecular weight is 354 g/mol. The molecule has 5 rings (SSSR count). The van der Waals surface area contributed by atoms with Crippen molar-refractivity contribution in [2.45, 2.75) is 57.8 Å². The van der Waals surface area contributed by atoms with Crippen LogP contribution in [0.25, 0.3) is 0 Å². The summed E-state index contributed by atoms with van der Waals surface area (Å²) in [5, 5.41) is 0. The van der Waals surface area contributed by atoms with E-state index in [0.29, 0.717) is 11.8 Å².